The number of carbonyl (C=O) groups is 1. The molecule has 2 aromatic heterocycles. The molecule has 2 aliphatic rings. The number of nitrogens with one attached hydrogen (secondary N) is 1. The van der Waals surface area contributed by atoms with E-state index in [1.54, 1.807) is 17.3 Å². The van der Waals surface area contributed by atoms with Crippen molar-refractivity contribution in [1.82, 2.24) is 30.0 Å². The van der Waals surface area contributed by atoms with Gasteiger partial charge in [-0.3, -0.25) is 4.79 Å². The third-order valence-electron chi connectivity index (χ3n) is 6.21. The largest absolute Gasteiger partial charge is 0.356 e. The zero-order chi connectivity index (χ0) is 20.4. The number of nitrogens with zero attached hydrogens (tertiary/aromatic N) is 6. The predicted molar refractivity (Wildman–Crippen MR) is 111 cm³/mol. The van der Waals surface area contributed by atoms with Gasteiger partial charge >= 0.3 is 0 Å². The molecular formula is C21H31N7O. The van der Waals surface area contributed by atoms with Crippen LogP contribution < -0.4 is 10.2 Å². The van der Waals surface area contributed by atoms with E-state index in [9.17, 15) is 4.79 Å². The van der Waals surface area contributed by atoms with Crippen molar-refractivity contribution in [1.29, 1.82) is 0 Å². The molecule has 0 aromatic carbocycles. The Labute approximate surface area is 172 Å². The van der Waals surface area contributed by atoms with Crippen LogP contribution in [0.25, 0.3) is 5.82 Å². The fourth-order valence-corrected chi connectivity index (χ4v) is 5.11. The highest BCUT2D eigenvalue weighted by atomic mass is 16.1. The van der Waals surface area contributed by atoms with Gasteiger partial charge in [0.15, 0.2) is 5.82 Å². The van der Waals surface area contributed by atoms with Crippen molar-refractivity contribution in [3.8, 4) is 5.82 Å². The Morgan fingerprint density at radius 1 is 1.14 bits per heavy atom. The lowest BCUT2D eigenvalue weighted by Crippen LogP contribution is -2.47. The summed E-state index contributed by atoms with van der Waals surface area (Å²) in [5.41, 5.74) is 0.313. The molecule has 8 nitrogen and oxygen atoms in total. The summed E-state index contributed by atoms with van der Waals surface area (Å²) in [6.07, 6.45) is 9.77. The van der Waals surface area contributed by atoms with Crippen molar-refractivity contribution in [2.75, 3.05) is 18.0 Å². The van der Waals surface area contributed by atoms with E-state index in [1.165, 1.54) is 12.7 Å². The molecule has 0 spiro atoms. The number of anilines is 1. The van der Waals surface area contributed by atoms with Gasteiger partial charge in [0.1, 0.15) is 24.8 Å². The summed E-state index contributed by atoms with van der Waals surface area (Å²) < 4.78 is 1.62. The van der Waals surface area contributed by atoms with Crippen LogP contribution in [0.5, 0.6) is 0 Å². The first-order valence-electron chi connectivity index (χ1n) is 10.6. The normalized spacial score (nSPS) is 25.0. The van der Waals surface area contributed by atoms with Gasteiger partial charge in [0.2, 0.25) is 5.91 Å². The van der Waals surface area contributed by atoms with Crippen LogP contribution in [0.15, 0.2) is 25.0 Å². The zero-order valence-corrected chi connectivity index (χ0v) is 17.6. The molecule has 3 heterocycles. The third-order valence-corrected chi connectivity index (χ3v) is 6.21. The van der Waals surface area contributed by atoms with Crippen LogP contribution >= 0.6 is 0 Å². The Kier molecular flexibility index (Phi) is 5.52. The van der Waals surface area contributed by atoms with Crippen LogP contribution in [0.1, 0.15) is 52.9 Å². The second-order valence-electron chi connectivity index (χ2n) is 9.45. The molecule has 1 N–H and O–H groups in total. The van der Waals surface area contributed by atoms with Crippen molar-refractivity contribution in [3.63, 3.8) is 0 Å². The summed E-state index contributed by atoms with van der Waals surface area (Å²) >= 11 is 0. The maximum absolute atomic E-state index is 12.9. The fourth-order valence-electron chi connectivity index (χ4n) is 5.11. The Bertz CT molecular complexity index is 827. The maximum atomic E-state index is 12.9. The van der Waals surface area contributed by atoms with Gasteiger partial charge < -0.3 is 10.2 Å². The average Bonchev–Trinajstić information content (AvgIpc) is 3.21. The molecule has 1 amide bonds. The molecule has 2 atom stereocenters. The van der Waals surface area contributed by atoms with Crippen LogP contribution in [0.4, 0.5) is 5.82 Å². The first-order valence-corrected chi connectivity index (χ1v) is 10.6. The van der Waals surface area contributed by atoms with Crippen molar-refractivity contribution in [3.05, 3.63) is 25.0 Å². The number of hydrogen-bond donors (Lipinski definition) is 1. The van der Waals surface area contributed by atoms with Crippen LogP contribution in [-0.4, -0.2) is 49.8 Å². The second-order valence-corrected chi connectivity index (χ2v) is 9.45. The molecule has 8 heteroatoms. The summed E-state index contributed by atoms with van der Waals surface area (Å²) in [4.78, 5) is 27.7. The van der Waals surface area contributed by atoms with Gasteiger partial charge in [0, 0.05) is 31.1 Å². The molecule has 0 bridgehead atoms. The highest BCUT2D eigenvalue weighted by Crippen LogP contribution is 2.38. The van der Waals surface area contributed by atoms with Gasteiger partial charge in [0.25, 0.3) is 0 Å². The maximum Gasteiger partial charge on any atom is 0.223 e. The number of carbonyl (C=O) groups excluding carboxylic acids is 1. The van der Waals surface area contributed by atoms with E-state index in [4.69, 9.17) is 0 Å². The molecule has 0 radical (unpaired) electrons. The monoisotopic (exact) mass is 397 g/mol. The Hall–Kier alpha value is -2.51. The Balaban J connectivity index is 1.32. The second kappa shape index (κ2) is 8.08. The smallest absolute Gasteiger partial charge is 0.223 e. The number of piperidine rings is 1. The summed E-state index contributed by atoms with van der Waals surface area (Å²) in [5, 5.41) is 7.48. The van der Waals surface area contributed by atoms with E-state index in [1.807, 2.05) is 6.07 Å². The van der Waals surface area contributed by atoms with Crippen molar-refractivity contribution >= 4 is 11.7 Å². The summed E-state index contributed by atoms with van der Waals surface area (Å²) in [7, 11) is 0. The molecule has 1 aliphatic carbocycles. The highest BCUT2D eigenvalue weighted by Gasteiger charge is 2.34. The Morgan fingerprint density at radius 3 is 2.59 bits per heavy atom. The van der Waals surface area contributed by atoms with Crippen molar-refractivity contribution in [2.24, 2.45) is 17.3 Å². The summed E-state index contributed by atoms with van der Waals surface area (Å²) in [5.74, 6) is 2.55. The minimum Gasteiger partial charge on any atom is -0.356 e. The Morgan fingerprint density at radius 2 is 1.90 bits per heavy atom. The third kappa shape index (κ3) is 4.74. The molecule has 2 fully saturated rings. The van der Waals surface area contributed by atoms with Crippen LogP contribution in [0.2, 0.25) is 0 Å². The van der Waals surface area contributed by atoms with E-state index >= 15 is 0 Å². The van der Waals surface area contributed by atoms with E-state index in [2.05, 4.69) is 51.0 Å². The highest BCUT2D eigenvalue weighted by molar-refractivity contribution is 5.79. The van der Waals surface area contributed by atoms with Gasteiger partial charge in [-0.2, -0.15) is 5.10 Å². The molecule has 4 rings (SSSR count). The van der Waals surface area contributed by atoms with E-state index < -0.39 is 0 Å². The zero-order valence-electron chi connectivity index (χ0n) is 17.6. The molecule has 1 aliphatic heterocycles. The standard InChI is InChI=1S/C21H31N7O/c1-15-8-17(11-21(2,3)10-15)26-20(29)16-4-6-27(7-5-16)18-9-19(24-13-23-18)28-14-22-12-25-28/h9,12-17H,4-8,10-11H2,1-3H3,(H,26,29). The number of aromatic nitrogens is 5. The molecule has 1 saturated carbocycles. The first-order chi connectivity index (χ1) is 13.9. The van der Waals surface area contributed by atoms with Gasteiger partial charge in [-0.15, -0.1) is 0 Å². The van der Waals surface area contributed by atoms with Crippen LogP contribution in [0, 0.1) is 17.3 Å². The van der Waals surface area contributed by atoms with E-state index in [-0.39, 0.29) is 11.8 Å². The van der Waals surface area contributed by atoms with E-state index in [0.717, 1.165) is 44.6 Å². The minimum atomic E-state index is 0.0863. The molecule has 1 saturated heterocycles. The fraction of sp³-hybridized carbons (Fsp3) is 0.667. The SMILES string of the molecule is CC1CC(NC(=O)C2CCN(c3cc(-n4cncn4)ncn3)CC2)CC(C)(C)C1. The first kappa shape index (κ1) is 19.8. The lowest BCUT2D eigenvalue weighted by Gasteiger charge is -2.40. The summed E-state index contributed by atoms with van der Waals surface area (Å²) in [6, 6.07) is 2.23. The van der Waals surface area contributed by atoms with Crippen molar-refractivity contribution in [2.45, 2.75) is 58.9 Å². The van der Waals surface area contributed by atoms with Crippen LogP contribution in [0.3, 0.4) is 0 Å². The van der Waals surface area contributed by atoms with Gasteiger partial charge in [-0.25, -0.2) is 19.6 Å². The topological polar surface area (TPSA) is 88.8 Å². The minimum absolute atomic E-state index is 0.0863. The van der Waals surface area contributed by atoms with Gasteiger partial charge in [-0.05, 0) is 43.4 Å². The lowest BCUT2D eigenvalue weighted by molar-refractivity contribution is -0.126. The number of hydrogen-bond acceptors (Lipinski definition) is 6. The molecule has 2 unspecified atom stereocenters. The van der Waals surface area contributed by atoms with E-state index in [0.29, 0.717) is 23.2 Å². The predicted octanol–water partition coefficient (Wildman–Crippen LogP) is 2.60. The van der Waals surface area contributed by atoms with Gasteiger partial charge in [-0.1, -0.05) is 20.8 Å². The summed E-state index contributed by atoms with van der Waals surface area (Å²) in [6.45, 7) is 8.57. The molecule has 156 valence electrons. The number of amides is 1. The van der Waals surface area contributed by atoms with Gasteiger partial charge in [0.05, 0.1) is 0 Å². The molecule has 29 heavy (non-hydrogen) atoms. The average molecular weight is 398 g/mol. The number of rotatable bonds is 4. The molecule has 2 aromatic rings. The molecular weight excluding hydrogens is 366 g/mol. The lowest BCUT2D eigenvalue weighted by atomic mass is 9.70. The van der Waals surface area contributed by atoms with Crippen LogP contribution in [-0.2, 0) is 4.79 Å². The van der Waals surface area contributed by atoms with Crippen molar-refractivity contribution < 1.29 is 4.79 Å². The quantitative estimate of drug-likeness (QED) is 0.853.